The lowest BCUT2D eigenvalue weighted by Gasteiger charge is -2.03. The molecule has 0 bridgehead atoms. The van der Waals surface area contributed by atoms with Crippen LogP contribution in [0.25, 0.3) is 11.6 Å². The van der Waals surface area contributed by atoms with Crippen molar-refractivity contribution in [2.75, 3.05) is 0 Å². The molecule has 2 aromatic heterocycles. The van der Waals surface area contributed by atoms with Crippen LogP contribution in [0, 0.1) is 0 Å². The standard InChI is InChI=1S/C10H9BrN4O/c11-6-7(5-1-2-5)14-9(15-10(6)16)8-12-3-4-13-8/h3-5H,1-2H2,(H,12,13)(H,14,15,16). The van der Waals surface area contributed by atoms with Crippen molar-refractivity contribution >= 4 is 15.9 Å². The number of H-pyrrole nitrogens is 2. The molecule has 0 spiro atoms. The first-order chi connectivity index (χ1) is 7.75. The van der Waals surface area contributed by atoms with Gasteiger partial charge in [0.05, 0.1) is 5.69 Å². The highest BCUT2D eigenvalue weighted by molar-refractivity contribution is 9.10. The van der Waals surface area contributed by atoms with Gasteiger partial charge < -0.3 is 9.97 Å². The van der Waals surface area contributed by atoms with Gasteiger partial charge in [-0.3, -0.25) is 4.79 Å². The van der Waals surface area contributed by atoms with Crippen molar-refractivity contribution in [2.45, 2.75) is 18.8 Å². The molecule has 0 aromatic carbocycles. The quantitative estimate of drug-likeness (QED) is 0.881. The number of aromatic nitrogens is 4. The fourth-order valence-corrected chi connectivity index (χ4v) is 2.12. The molecule has 6 heteroatoms. The molecule has 2 N–H and O–H groups in total. The van der Waals surface area contributed by atoms with Crippen LogP contribution in [-0.2, 0) is 0 Å². The van der Waals surface area contributed by atoms with Crippen LogP contribution >= 0.6 is 15.9 Å². The third kappa shape index (κ3) is 1.59. The van der Waals surface area contributed by atoms with Gasteiger partial charge in [0.1, 0.15) is 4.47 Å². The number of imidazole rings is 1. The minimum Gasteiger partial charge on any atom is -0.342 e. The molecule has 0 amide bonds. The van der Waals surface area contributed by atoms with Crippen LogP contribution in [0.4, 0.5) is 0 Å². The molecular formula is C10H9BrN4O. The molecule has 1 aliphatic rings. The van der Waals surface area contributed by atoms with Crippen LogP contribution in [0.3, 0.4) is 0 Å². The predicted octanol–water partition coefficient (Wildman–Crippen LogP) is 1.80. The lowest BCUT2D eigenvalue weighted by atomic mass is 10.3. The van der Waals surface area contributed by atoms with Gasteiger partial charge in [0.25, 0.3) is 5.56 Å². The Kier molecular flexibility index (Phi) is 2.17. The summed E-state index contributed by atoms with van der Waals surface area (Å²) < 4.78 is 0.547. The van der Waals surface area contributed by atoms with Crippen molar-refractivity contribution in [3.8, 4) is 11.6 Å². The van der Waals surface area contributed by atoms with Gasteiger partial charge in [0, 0.05) is 18.3 Å². The van der Waals surface area contributed by atoms with E-state index in [9.17, 15) is 4.79 Å². The molecule has 0 saturated heterocycles. The van der Waals surface area contributed by atoms with Crippen LogP contribution in [0.2, 0.25) is 0 Å². The van der Waals surface area contributed by atoms with Crippen molar-refractivity contribution in [2.24, 2.45) is 0 Å². The summed E-state index contributed by atoms with van der Waals surface area (Å²) in [5.41, 5.74) is 0.693. The fourth-order valence-electron chi connectivity index (χ4n) is 1.61. The van der Waals surface area contributed by atoms with E-state index in [0.29, 0.717) is 22.0 Å². The monoisotopic (exact) mass is 280 g/mol. The van der Waals surface area contributed by atoms with Crippen LogP contribution in [-0.4, -0.2) is 19.9 Å². The zero-order chi connectivity index (χ0) is 11.1. The molecule has 5 nitrogen and oxygen atoms in total. The molecule has 1 aliphatic carbocycles. The lowest BCUT2D eigenvalue weighted by molar-refractivity contribution is 0.949. The van der Waals surface area contributed by atoms with E-state index in [2.05, 4.69) is 35.9 Å². The first-order valence-electron chi connectivity index (χ1n) is 5.05. The minimum atomic E-state index is -0.150. The molecule has 0 unspecified atom stereocenters. The van der Waals surface area contributed by atoms with Gasteiger partial charge in [-0.1, -0.05) is 0 Å². The number of halogens is 1. The van der Waals surface area contributed by atoms with Crippen molar-refractivity contribution < 1.29 is 0 Å². The van der Waals surface area contributed by atoms with E-state index in [1.165, 1.54) is 0 Å². The average Bonchev–Trinajstić information content (AvgIpc) is 2.96. The second-order valence-electron chi connectivity index (χ2n) is 3.83. The van der Waals surface area contributed by atoms with Crippen molar-refractivity contribution in [3.63, 3.8) is 0 Å². The van der Waals surface area contributed by atoms with Gasteiger partial charge in [-0.2, -0.15) is 0 Å². The summed E-state index contributed by atoms with van der Waals surface area (Å²) in [4.78, 5) is 25.8. The summed E-state index contributed by atoms with van der Waals surface area (Å²) >= 11 is 3.28. The Balaban J connectivity index is 2.17. The normalized spacial score (nSPS) is 15.3. The summed E-state index contributed by atoms with van der Waals surface area (Å²) in [6, 6.07) is 0. The fraction of sp³-hybridized carbons (Fsp3) is 0.300. The maximum atomic E-state index is 11.7. The maximum Gasteiger partial charge on any atom is 0.265 e. The predicted molar refractivity (Wildman–Crippen MR) is 62.1 cm³/mol. The molecule has 0 radical (unpaired) electrons. The topological polar surface area (TPSA) is 74.4 Å². The van der Waals surface area contributed by atoms with Gasteiger partial charge in [-0.25, -0.2) is 9.97 Å². The minimum absolute atomic E-state index is 0.150. The zero-order valence-electron chi connectivity index (χ0n) is 8.33. The molecule has 0 aliphatic heterocycles. The molecule has 0 atom stereocenters. The highest BCUT2D eigenvalue weighted by Crippen LogP contribution is 2.41. The van der Waals surface area contributed by atoms with Crippen molar-refractivity contribution in [3.05, 3.63) is 32.9 Å². The lowest BCUT2D eigenvalue weighted by Crippen LogP contribution is -2.13. The summed E-state index contributed by atoms with van der Waals surface area (Å²) in [7, 11) is 0. The van der Waals surface area contributed by atoms with E-state index in [0.717, 1.165) is 18.5 Å². The summed E-state index contributed by atoms with van der Waals surface area (Å²) in [5.74, 6) is 1.51. The summed E-state index contributed by atoms with van der Waals surface area (Å²) in [6.45, 7) is 0. The molecule has 82 valence electrons. The van der Waals surface area contributed by atoms with Gasteiger partial charge in [0.15, 0.2) is 11.6 Å². The Morgan fingerprint density at radius 1 is 1.38 bits per heavy atom. The zero-order valence-corrected chi connectivity index (χ0v) is 9.91. The smallest absolute Gasteiger partial charge is 0.265 e. The highest BCUT2D eigenvalue weighted by Gasteiger charge is 2.29. The van der Waals surface area contributed by atoms with E-state index in [-0.39, 0.29) is 5.56 Å². The number of nitrogens with one attached hydrogen (secondary N) is 2. The third-order valence-corrected chi connectivity index (χ3v) is 3.34. The molecule has 2 heterocycles. The third-order valence-electron chi connectivity index (χ3n) is 2.57. The Hall–Kier alpha value is -1.43. The number of hydrogen-bond acceptors (Lipinski definition) is 3. The maximum absolute atomic E-state index is 11.7. The van der Waals surface area contributed by atoms with Crippen molar-refractivity contribution in [1.29, 1.82) is 0 Å². The first kappa shape index (κ1) is 9.77. The molecule has 1 saturated carbocycles. The number of aromatic amines is 2. The molecular weight excluding hydrogens is 272 g/mol. The summed E-state index contributed by atoms with van der Waals surface area (Å²) in [5, 5.41) is 0. The highest BCUT2D eigenvalue weighted by atomic mass is 79.9. The van der Waals surface area contributed by atoms with E-state index < -0.39 is 0 Å². The van der Waals surface area contributed by atoms with Gasteiger partial charge in [-0.15, -0.1) is 0 Å². The van der Waals surface area contributed by atoms with Crippen LogP contribution in [0.1, 0.15) is 24.5 Å². The van der Waals surface area contributed by atoms with Gasteiger partial charge >= 0.3 is 0 Å². The van der Waals surface area contributed by atoms with E-state index in [1.54, 1.807) is 12.4 Å². The Bertz CT molecular complexity index is 571. The van der Waals surface area contributed by atoms with Gasteiger partial charge in [-0.05, 0) is 28.8 Å². The Morgan fingerprint density at radius 2 is 2.19 bits per heavy atom. The molecule has 2 aromatic rings. The Morgan fingerprint density at radius 3 is 2.81 bits per heavy atom. The van der Waals surface area contributed by atoms with Crippen molar-refractivity contribution in [1.82, 2.24) is 19.9 Å². The molecule has 3 rings (SSSR count). The number of nitrogens with zero attached hydrogens (tertiary/aromatic N) is 2. The van der Waals surface area contributed by atoms with Crippen LogP contribution in [0.15, 0.2) is 21.7 Å². The van der Waals surface area contributed by atoms with Crippen LogP contribution in [0.5, 0.6) is 0 Å². The Labute approximate surface area is 99.5 Å². The van der Waals surface area contributed by atoms with E-state index in [4.69, 9.17) is 0 Å². The SMILES string of the molecule is O=c1[nH]c(-c2ncc[nH]2)nc(C2CC2)c1Br. The number of rotatable bonds is 2. The largest absolute Gasteiger partial charge is 0.342 e. The van der Waals surface area contributed by atoms with Crippen LogP contribution < -0.4 is 5.56 Å². The van der Waals surface area contributed by atoms with Gasteiger partial charge in [0.2, 0.25) is 0 Å². The summed E-state index contributed by atoms with van der Waals surface area (Å²) in [6.07, 6.45) is 5.54. The first-order valence-corrected chi connectivity index (χ1v) is 5.84. The molecule has 1 fully saturated rings. The second-order valence-corrected chi connectivity index (χ2v) is 4.62. The van der Waals surface area contributed by atoms with E-state index in [1.807, 2.05) is 0 Å². The average molecular weight is 281 g/mol. The molecule has 16 heavy (non-hydrogen) atoms. The second kappa shape index (κ2) is 3.55. The number of hydrogen-bond donors (Lipinski definition) is 2. The van der Waals surface area contributed by atoms with E-state index >= 15 is 0 Å².